The van der Waals surface area contributed by atoms with E-state index in [4.69, 9.17) is 5.73 Å². The maximum Gasteiger partial charge on any atom is 0.253 e. The van der Waals surface area contributed by atoms with Crippen molar-refractivity contribution in [1.29, 1.82) is 0 Å². The van der Waals surface area contributed by atoms with E-state index in [9.17, 15) is 16.8 Å². The number of sulfonamides is 2. The number of unbranched alkanes of at least 4 members (excludes halogenated alkanes) is 5. The van der Waals surface area contributed by atoms with E-state index in [-0.39, 0.29) is 16.6 Å². The molecule has 0 heterocycles. The van der Waals surface area contributed by atoms with E-state index in [1.807, 2.05) is 35.3 Å². The van der Waals surface area contributed by atoms with Crippen LogP contribution in [-0.4, -0.2) is 41.6 Å². The highest BCUT2D eigenvalue weighted by Crippen LogP contribution is 2.39. The summed E-state index contributed by atoms with van der Waals surface area (Å²) in [6, 6.07) is 0. The SMILES string of the molecule is CCCCCCCCS(=O)(=O)NS(=O)(=O)C1=CC=CC2C(N(C)C)=CCC(N)=C12. The van der Waals surface area contributed by atoms with Crippen molar-refractivity contribution in [2.75, 3.05) is 19.8 Å². The summed E-state index contributed by atoms with van der Waals surface area (Å²) in [6.45, 7) is 2.12. The number of fused-ring (bicyclic) bond motifs is 1. The minimum atomic E-state index is -4.26. The van der Waals surface area contributed by atoms with Crippen LogP contribution in [0.3, 0.4) is 0 Å². The summed E-state index contributed by atoms with van der Waals surface area (Å²) in [5, 5.41) is 0. The number of allylic oxidation sites excluding steroid dienone is 5. The van der Waals surface area contributed by atoms with Gasteiger partial charge < -0.3 is 10.6 Å². The van der Waals surface area contributed by atoms with Crippen molar-refractivity contribution < 1.29 is 16.8 Å². The van der Waals surface area contributed by atoms with Gasteiger partial charge in [0.2, 0.25) is 10.0 Å². The summed E-state index contributed by atoms with van der Waals surface area (Å²) in [4.78, 5) is 1.85. The average molecular weight is 444 g/mol. The Hall–Kier alpha value is -1.58. The number of rotatable bonds is 11. The second-order valence-electron chi connectivity index (χ2n) is 7.73. The molecule has 0 saturated heterocycles. The lowest BCUT2D eigenvalue weighted by atomic mass is 9.84. The van der Waals surface area contributed by atoms with E-state index in [0.717, 1.165) is 37.8 Å². The predicted octanol–water partition coefficient (Wildman–Crippen LogP) is 2.73. The van der Waals surface area contributed by atoms with Gasteiger partial charge in [0.05, 0.1) is 10.7 Å². The summed E-state index contributed by atoms with van der Waals surface area (Å²) in [6.07, 6.45) is 12.8. The highest BCUT2D eigenvalue weighted by atomic mass is 32.3. The summed E-state index contributed by atoms with van der Waals surface area (Å²) in [5.41, 5.74) is 7.97. The second kappa shape index (κ2) is 9.95. The third kappa shape index (κ3) is 6.20. The summed E-state index contributed by atoms with van der Waals surface area (Å²) >= 11 is 0. The molecular weight excluding hydrogens is 410 g/mol. The van der Waals surface area contributed by atoms with Gasteiger partial charge in [0.15, 0.2) is 0 Å². The van der Waals surface area contributed by atoms with Gasteiger partial charge in [-0.15, -0.1) is 4.13 Å². The molecule has 2 rings (SSSR count). The minimum Gasteiger partial charge on any atom is -0.401 e. The molecule has 1 unspecified atom stereocenters. The topological polar surface area (TPSA) is 110 Å². The number of nitrogens with zero attached hydrogens (tertiary/aromatic N) is 1. The summed E-state index contributed by atoms with van der Waals surface area (Å²) < 4.78 is 52.6. The van der Waals surface area contributed by atoms with E-state index in [2.05, 4.69) is 6.92 Å². The van der Waals surface area contributed by atoms with Crippen LogP contribution in [0.2, 0.25) is 0 Å². The Morgan fingerprint density at radius 3 is 2.41 bits per heavy atom. The zero-order valence-corrected chi connectivity index (χ0v) is 19.2. The quantitative estimate of drug-likeness (QED) is 0.475. The van der Waals surface area contributed by atoms with E-state index < -0.39 is 20.0 Å². The standard InChI is InChI=1S/C20H33N3O4S2/c1-4-5-6-7-8-9-15-28(24,25)22-29(26,27)19-12-10-11-16-18(23(2)3)14-13-17(21)20(16)19/h10-12,14,16,22H,4-9,13,15,21H2,1-3H3. The second-order valence-corrected chi connectivity index (χ2v) is 11.5. The van der Waals surface area contributed by atoms with E-state index in [1.54, 1.807) is 6.08 Å². The van der Waals surface area contributed by atoms with Crippen LogP contribution < -0.4 is 9.86 Å². The van der Waals surface area contributed by atoms with Gasteiger partial charge >= 0.3 is 0 Å². The number of nitrogens with two attached hydrogens (primary N) is 1. The molecule has 0 fully saturated rings. The minimum absolute atomic E-state index is 0.0681. The van der Waals surface area contributed by atoms with Gasteiger partial charge in [-0.2, -0.15) is 0 Å². The molecular formula is C20H33N3O4S2. The largest absolute Gasteiger partial charge is 0.401 e. The van der Waals surface area contributed by atoms with Crippen LogP contribution >= 0.6 is 0 Å². The van der Waals surface area contributed by atoms with Crippen molar-refractivity contribution in [3.8, 4) is 0 Å². The van der Waals surface area contributed by atoms with Crippen LogP contribution in [0.15, 0.2) is 46.2 Å². The maximum absolute atomic E-state index is 12.9. The molecule has 0 aliphatic heterocycles. The first kappa shape index (κ1) is 23.7. The van der Waals surface area contributed by atoms with Crippen LogP contribution in [0.4, 0.5) is 0 Å². The molecule has 0 aromatic carbocycles. The molecule has 0 bridgehead atoms. The highest BCUT2D eigenvalue weighted by Gasteiger charge is 2.35. The molecule has 7 nitrogen and oxygen atoms in total. The smallest absolute Gasteiger partial charge is 0.253 e. The fourth-order valence-corrected chi connectivity index (χ4v) is 7.09. The molecule has 1 atom stereocenters. The van der Waals surface area contributed by atoms with Crippen LogP contribution in [0.5, 0.6) is 0 Å². The third-order valence-electron chi connectivity index (χ3n) is 5.13. The zero-order chi connectivity index (χ0) is 21.7. The first-order valence-electron chi connectivity index (χ1n) is 10.1. The normalized spacial score (nSPS) is 19.6. The number of hydrogen-bond acceptors (Lipinski definition) is 6. The molecule has 0 saturated carbocycles. The monoisotopic (exact) mass is 443 g/mol. The van der Waals surface area contributed by atoms with Gasteiger partial charge in [-0.05, 0) is 12.5 Å². The van der Waals surface area contributed by atoms with Crippen LogP contribution in [-0.2, 0) is 20.0 Å². The summed E-state index contributed by atoms with van der Waals surface area (Å²) in [5.74, 6) is -0.515. The fraction of sp³-hybridized carbons (Fsp3) is 0.600. The van der Waals surface area contributed by atoms with Crippen molar-refractivity contribution in [3.63, 3.8) is 0 Å². The molecule has 3 N–H and O–H groups in total. The first-order valence-corrected chi connectivity index (χ1v) is 13.2. The van der Waals surface area contributed by atoms with E-state index in [1.165, 1.54) is 6.08 Å². The lowest BCUT2D eigenvalue weighted by Crippen LogP contribution is -2.36. The molecule has 0 spiro atoms. The summed E-state index contributed by atoms with van der Waals surface area (Å²) in [7, 11) is -4.45. The molecule has 2 aliphatic carbocycles. The number of hydrogen-bond donors (Lipinski definition) is 2. The molecule has 0 radical (unpaired) electrons. The van der Waals surface area contributed by atoms with Crippen molar-refractivity contribution >= 4 is 20.0 Å². The Kier molecular flexibility index (Phi) is 8.13. The van der Waals surface area contributed by atoms with Crippen molar-refractivity contribution in [2.24, 2.45) is 11.7 Å². The Morgan fingerprint density at radius 1 is 1.10 bits per heavy atom. The highest BCUT2D eigenvalue weighted by molar-refractivity contribution is 8.06. The first-order chi connectivity index (χ1) is 13.6. The van der Waals surface area contributed by atoms with Gasteiger partial charge in [0, 0.05) is 43.4 Å². The van der Waals surface area contributed by atoms with Crippen molar-refractivity contribution in [3.05, 3.63) is 46.2 Å². The van der Waals surface area contributed by atoms with Gasteiger partial charge in [-0.25, -0.2) is 16.8 Å². The van der Waals surface area contributed by atoms with Crippen LogP contribution in [0.25, 0.3) is 0 Å². The zero-order valence-electron chi connectivity index (χ0n) is 17.5. The molecule has 0 aromatic heterocycles. The fourth-order valence-electron chi connectivity index (χ4n) is 3.67. The Labute approximate surface area is 175 Å². The number of nitrogens with one attached hydrogen (secondary N) is 1. The molecule has 9 heteroatoms. The molecule has 164 valence electrons. The van der Waals surface area contributed by atoms with Gasteiger partial charge in [-0.3, -0.25) is 0 Å². The van der Waals surface area contributed by atoms with Crippen molar-refractivity contribution in [2.45, 2.75) is 51.9 Å². The molecule has 2 aliphatic rings. The molecule has 0 aromatic rings. The lowest BCUT2D eigenvalue weighted by Gasteiger charge is -2.33. The van der Waals surface area contributed by atoms with Crippen LogP contribution in [0, 0.1) is 5.92 Å². The van der Waals surface area contributed by atoms with Crippen LogP contribution in [0.1, 0.15) is 51.9 Å². The van der Waals surface area contributed by atoms with E-state index in [0.29, 0.717) is 24.1 Å². The Balaban J connectivity index is 2.12. The molecule has 29 heavy (non-hydrogen) atoms. The van der Waals surface area contributed by atoms with Gasteiger partial charge in [0.25, 0.3) is 10.0 Å². The average Bonchev–Trinajstić information content (AvgIpc) is 2.63. The van der Waals surface area contributed by atoms with Gasteiger partial charge in [0.1, 0.15) is 0 Å². The third-order valence-corrected chi connectivity index (χ3v) is 8.79. The predicted molar refractivity (Wildman–Crippen MR) is 118 cm³/mol. The Bertz CT molecular complexity index is 927. The van der Waals surface area contributed by atoms with Crippen molar-refractivity contribution in [1.82, 2.24) is 9.03 Å². The van der Waals surface area contributed by atoms with Gasteiger partial charge in [-0.1, -0.05) is 57.3 Å². The molecule has 0 amide bonds. The maximum atomic E-state index is 12.9. The lowest BCUT2D eigenvalue weighted by molar-refractivity contribution is 0.462. The Morgan fingerprint density at radius 2 is 1.76 bits per heavy atom. The van der Waals surface area contributed by atoms with E-state index >= 15 is 0 Å².